The Balaban J connectivity index is 1.70. The SMILES string of the molecule is Cn1nc(C(F)(F)F)c(-c2ccccc2)c1-c1ccc(OCC2=CC=C(Cl)CC2)cc1O. The number of allylic oxidation sites excluding steroid dienone is 3. The Hall–Kier alpha value is -3.19. The quantitative estimate of drug-likeness (QED) is 0.461. The first-order valence-corrected chi connectivity index (χ1v) is 10.3. The van der Waals surface area contributed by atoms with E-state index in [2.05, 4.69) is 5.10 Å². The maximum absolute atomic E-state index is 13.7. The van der Waals surface area contributed by atoms with Gasteiger partial charge in [0.15, 0.2) is 5.69 Å². The maximum Gasteiger partial charge on any atom is 0.435 e. The van der Waals surface area contributed by atoms with Gasteiger partial charge in [-0.05, 0) is 42.2 Å². The summed E-state index contributed by atoms with van der Waals surface area (Å²) < 4.78 is 48.1. The average Bonchev–Trinajstić information content (AvgIpc) is 3.11. The van der Waals surface area contributed by atoms with Crippen LogP contribution in [-0.4, -0.2) is 21.5 Å². The third-order valence-electron chi connectivity index (χ3n) is 5.21. The number of halogens is 4. The molecule has 3 aromatic rings. The zero-order valence-corrected chi connectivity index (χ0v) is 17.9. The van der Waals surface area contributed by atoms with E-state index in [1.165, 1.54) is 13.1 Å². The van der Waals surface area contributed by atoms with Crippen molar-refractivity contribution in [1.29, 1.82) is 0 Å². The lowest BCUT2D eigenvalue weighted by atomic mass is 9.98. The van der Waals surface area contributed by atoms with E-state index in [9.17, 15) is 18.3 Å². The van der Waals surface area contributed by atoms with Crippen molar-refractivity contribution in [2.75, 3.05) is 6.61 Å². The van der Waals surface area contributed by atoms with Crippen LogP contribution in [0.4, 0.5) is 13.2 Å². The van der Waals surface area contributed by atoms with E-state index in [4.69, 9.17) is 16.3 Å². The Morgan fingerprint density at radius 3 is 2.47 bits per heavy atom. The molecule has 1 heterocycles. The highest BCUT2D eigenvalue weighted by Crippen LogP contribution is 2.44. The molecule has 1 aliphatic rings. The Labute approximate surface area is 188 Å². The molecule has 1 aromatic heterocycles. The minimum Gasteiger partial charge on any atom is -0.507 e. The van der Waals surface area contributed by atoms with Crippen molar-refractivity contribution in [2.45, 2.75) is 19.0 Å². The van der Waals surface area contributed by atoms with E-state index < -0.39 is 11.9 Å². The summed E-state index contributed by atoms with van der Waals surface area (Å²) in [6.07, 6.45) is 0.627. The topological polar surface area (TPSA) is 47.3 Å². The molecule has 1 N–H and O–H groups in total. The summed E-state index contributed by atoms with van der Waals surface area (Å²) in [5, 5.41) is 15.2. The Morgan fingerprint density at radius 1 is 1.09 bits per heavy atom. The summed E-state index contributed by atoms with van der Waals surface area (Å²) in [5.41, 5.74) is 0.734. The fourth-order valence-electron chi connectivity index (χ4n) is 3.66. The summed E-state index contributed by atoms with van der Waals surface area (Å²) >= 11 is 5.96. The minimum absolute atomic E-state index is 0.0828. The predicted molar refractivity (Wildman–Crippen MR) is 117 cm³/mol. The van der Waals surface area contributed by atoms with Crippen molar-refractivity contribution >= 4 is 11.6 Å². The van der Waals surface area contributed by atoms with E-state index >= 15 is 0 Å². The van der Waals surface area contributed by atoms with Crippen molar-refractivity contribution in [3.05, 3.63) is 77.0 Å². The van der Waals surface area contributed by atoms with Gasteiger partial charge >= 0.3 is 6.18 Å². The number of phenols is 1. The van der Waals surface area contributed by atoms with Crippen LogP contribution in [0.15, 0.2) is 71.3 Å². The molecule has 4 rings (SSSR count). The first kappa shape index (κ1) is 22.0. The van der Waals surface area contributed by atoms with E-state index in [1.54, 1.807) is 42.5 Å². The van der Waals surface area contributed by atoms with Crippen LogP contribution in [-0.2, 0) is 13.2 Å². The van der Waals surface area contributed by atoms with Gasteiger partial charge in [0.1, 0.15) is 18.1 Å². The van der Waals surface area contributed by atoms with Gasteiger partial charge in [0, 0.05) is 29.3 Å². The molecule has 0 unspecified atom stereocenters. The summed E-state index contributed by atoms with van der Waals surface area (Å²) in [6, 6.07) is 12.8. The molecule has 0 saturated heterocycles. The van der Waals surface area contributed by atoms with Crippen LogP contribution in [0.25, 0.3) is 22.4 Å². The molecule has 166 valence electrons. The number of aryl methyl sites for hydroxylation is 1. The van der Waals surface area contributed by atoms with Gasteiger partial charge in [-0.25, -0.2) is 0 Å². The van der Waals surface area contributed by atoms with Crippen LogP contribution in [0.5, 0.6) is 11.5 Å². The van der Waals surface area contributed by atoms with Crippen molar-refractivity contribution in [3.8, 4) is 33.9 Å². The molecule has 0 atom stereocenters. The molecule has 0 bridgehead atoms. The van der Waals surface area contributed by atoms with Crippen molar-refractivity contribution in [1.82, 2.24) is 9.78 Å². The summed E-state index contributed by atoms with van der Waals surface area (Å²) in [6.45, 7) is 0.332. The predicted octanol–water partition coefficient (Wildman–Crippen LogP) is 6.70. The Morgan fingerprint density at radius 2 is 1.84 bits per heavy atom. The fourth-order valence-corrected chi connectivity index (χ4v) is 3.82. The van der Waals surface area contributed by atoms with Crippen LogP contribution in [0.3, 0.4) is 0 Å². The molecule has 0 fully saturated rings. The highest BCUT2D eigenvalue weighted by atomic mass is 35.5. The van der Waals surface area contributed by atoms with Crippen LogP contribution in [0, 0.1) is 0 Å². The summed E-state index contributed by atoms with van der Waals surface area (Å²) in [7, 11) is 1.43. The van der Waals surface area contributed by atoms with Gasteiger partial charge in [-0.15, -0.1) is 0 Å². The lowest BCUT2D eigenvalue weighted by Crippen LogP contribution is -2.08. The number of aromatic hydroxyl groups is 1. The molecule has 0 spiro atoms. The molecular weight excluding hydrogens is 441 g/mol. The second kappa shape index (κ2) is 8.74. The van der Waals surface area contributed by atoms with Gasteiger partial charge in [-0.3, -0.25) is 4.68 Å². The van der Waals surface area contributed by atoms with Crippen molar-refractivity contribution < 1.29 is 23.0 Å². The third-order valence-corrected chi connectivity index (χ3v) is 5.53. The van der Waals surface area contributed by atoms with Gasteiger partial charge in [-0.1, -0.05) is 48.0 Å². The summed E-state index contributed by atoms with van der Waals surface area (Å²) in [5.74, 6) is 0.212. The highest BCUT2D eigenvalue weighted by Gasteiger charge is 2.39. The molecule has 8 heteroatoms. The largest absolute Gasteiger partial charge is 0.507 e. The molecule has 4 nitrogen and oxygen atoms in total. The number of aromatic nitrogens is 2. The molecule has 1 aliphatic carbocycles. The monoisotopic (exact) mass is 460 g/mol. The number of rotatable bonds is 5. The van der Waals surface area contributed by atoms with Crippen molar-refractivity contribution in [3.63, 3.8) is 0 Å². The molecule has 0 radical (unpaired) electrons. The number of nitrogens with zero attached hydrogens (tertiary/aromatic N) is 2. The van der Waals surface area contributed by atoms with Gasteiger partial charge < -0.3 is 9.84 Å². The number of benzene rings is 2. The molecule has 32 heavy (non-hydrogen) atoms. The zero-order valence-electron chi connectivity index (χ0n) is 17.2. The zero-order chi connectivity index (χ0) is 22.9. The standard InChI is InChI=1S/C24H20ClF3N2O2/c1-30-22(21(16-5-3-2-4-6-16)23(29-30)24(26,27)28)19-12-11-18(13-20(19)31)32-14-15-7-9-17(25)10-8-15/h2-7,9,11-13,31H,8,10,14H2,1H3. The number of ether oxygens (including phenoxy) is 1. The first-order chi connectivity index (χ1) is 15.2. The second-order valence-electron chi connectivity index (χ2n) is 7.47. The molecule has 0 aliphatic heterocycles. The van der Waals surface area contributed by atoms with E-state index in [-0.39, 0.29) is 22.6 Å². The van der Waals surface area contributed by atoms with E-state index in [1.807, 2.05) is 12.2 Å². The smallest absolute Gasteiger partial charge is 0.435 e. The van der Waals surface area contributed by atoms with Crippen LogP contribution in [0.2, 0.25) is 0 Å². The van der Waals surface area contributed by atoms with Crippen molar-refractivity contribution in [2.24, 2.45) is 7.05 Å². The van der Waals surface area contributed by atoms with Crippen LogP contribution >= 0.6 is 11.6 Å². The number of hydrogen-bond donors (Lipinski definition) is 1. The molecular formula is C24H20ClF3N2O2. The van der Waals surface area contributed by atoms with Gasteiger partial charge in [-0.2, -0.15) is 18.3 Å². The lowest BCUT2D eigenvalue weighted by molar-refractivity contribution is -0.140. The van der Waals surface area contributed by atoms with E-state index in [0.29, 0.717) is 17.9 Å². The molecule has 2 aromatic carbocycles. The van der Waals surface area contributed by atoms with E-state index in [0.717, 1.165) is 28.1 Å². The Bertz CT molecular complexity index is 1200. The molecule has 0 saturated carbocycles. The Kier molecular flexibility index (Phi) is 6.02. The van der Waals surface area contributed by atoms with Gasteiger partial charge in [0.05, 0.1) is 5.69 Å². The fraction of sp³-hybridized carbons (Fsp3) is 0.208. The normalized spacial score (nSPS) is 14.2. The minimum atomic E-state index is -4.65. The van der Waals surface area contributed by atoms with Crippen LogP contribution in [0.1, 0.15) is 18.5 Å². The maximum atomic E-state index is 13.7. The highest BCUT2D eigenvalue weighted by molar-refractivity contribution is 6.29. The first-order valence-electron chi connectivity index (χ1n) is 9.94. The second-order valence-corrected chi connectivity index (χ2v) is 7.95. The van der Waals surface area contributed by atoms with Gasteiger partial charge in [0.25, 0.3) is 0 Å². The number of hydrogen-bond acceptors (Lipinski definition) is 3. The molecule has 0 amide bonds. The lowest BCUT2D eigenvalue weighted by Gasteiger charge is -2.14. The van der Waals surface area contributed by atoms with Crippen LogP contribution < -0.4 is 4.74 Å². The summed E-state index contributed by atoms with van der Waals surface area (Å²) in [4.78, 5) is 0. The third kappa shape index (κ3) is 4.53. The number of phenolic OH excluding ortho intramolecular Hbond substituents is 1. The average molecular weight is 461 g/mol. The van der Waals surface area contributed by atoms with Gasteiger partial charge in [0.2, 0.25) is 0 Å². The number of alkyl halides is 3.